The Hall–Kier alpha value is -1.30. The summed E-state index contributed by atoms with van der Waals surface area (Å²) < 4.78 is 0. The first-order valence-corrected chi connectivity index (χ1v) is 6.94. The highest BCUT2D eigenvalue weighted by Crippen LogP contribution is 2.15. The summed E-state index contributed by atoms with van der Waals surface area (Å²) in [5.74, 6) is -0.978. The number of hydrogen-bond acceptors (Lipinski definition) is 3. The van der Waals surface area contributed by atoms with E-state index in [1.807, 2.05) is 6.92 Å². The molecule has 1 aliphatic heterocycles. The first kappa shape index (κ1) is 15.8. The highest BCUT2D eigenvalue weighted by molar-refractivity contribution is 5.82. The monoisotopic (exact) mass is 271 g/mol. The van der Waals surface area contributed by atoms with Crippen LogP contribution in [0, 0.1) is 0 Å². The molecular weight excluding hydrogens is 246 g/mol. The molecule has 0 aromatic carbocycles. The number of nitrogens with one attached hydrogen (secondary N) is 2. The fourth-order valence-corrected chi connectivity index (χ4v) is 2.35. The lowest BCUT2D eigenvalue weighted by Gasteiger charge is -2.35. The van der Waals surface area contributed by atoms with Crippen molar-refractivity contribution in [2.75, 3.05) is 13.6 Å². The van der Waals surface area contributed by atoms with E-state index in [-0.39, 0.29) is 12.1 Å². The third-order valence-corrected chi connectivity index (χ3v) is 3.72. The minimum Gasteiger partial charge on any atom is -0.480 e. The highest BCUT2D eigenvalue weighted by atomic mass is 16.4. The van der Waals surface area contributed by atoms with Gasteiger partial charge in [-0.15, -0.1) is 0 Å². The average molecular weight is 271 g/mol. The molecule has 0 aromatic heterocycles. The summed E-state index contributed by atoms with van der Waals surface area (Å²) in [6, 6.07) is -0.608. The quantitative estimate of drug-likeness (QED) is 0.697. The molecule has 3 atom stereocenters. The zero-order valence-corrected chi connectivity index (χ0v) is 12.0. The van der Waals surface area contributed by atoms with Gasteiger partial charge in [-0.05, 0) is 33.2 Å². The molecule has 0 spiro atoms. The molecule has 0 aromatic rings. The Kier molecular flexibility index (Phi) is 6.08. The van der Waals surface area contributed by atoms with Crippen LogP contribution in [0.2, 0.25) is 0 Å². The lowest BCUT2D eigenvalue weighted by Crippen LogP contribution is -2.52. The number of likely N-dealkylation sites (tertiary alicyclic amines) is 1. The predicted octanol–water partition coefficient (Wildman–Crippen LogP) is 1.02. The topological polar surface area (TPSA) is 81.7 Å². The van der Waals surface area contributed by atoms with Gasteiger partial charge in [-0.3, -0.25) is 0 Å². The van der Waals surface area contributed by atoms with Crippen LogP contribution in [0.5, 0.6) is 0 Å². The van der Waals surface area contributed by atoms with E-state index in [9.17, 15) is 9.59 Å². The SMILES string of the molecule is CCC[C@@H](NC(=O)NC1CCN(C)C(C)C1)C(=O)O. The Labute approximate surface area is 114 Å². The molecule has 0 aliphatic carbocycles. The standard InChI is InChI=1S/C13H25N3O3/c1-4-5-11(12(17)18)15-13(19)14-10-6-7-16(3)9(2)8-10/h9-11H,4-8H2,1-3H3,(H,17,18)(H2,14,15,19)/t9?,10?,11-/m1/s1. The minimum atomic E-state index is -0.978. The molecule has 1 saturated heterocycles. The molecular formula is C13H25N3O3. The van der Waals surface area contributed by atoms with E-state index in [1.54, 1.807) is 0 Å². The number of carbonyl (C=O) groups is 2. The van der Waals surface area contributed by atoms with Crippen LogP contribution in [-0.2, 0) is 4.79 Å². The number of carboxylic acids is 1. The molecule has 0 saturated carbocycles. The van der Waals surface area contributed by atoms with Crippen molar-refractivity contribution in [3.63, 3.8) is 0 Å². The predicted molar refractivity (Wildman–Crippen MR) is 73.1 cm³/mol. The first-order valence-electron chi connectivity index (χ1n) is 6.94. The van der Waals surface area contributed by atoms with Crippen LogP contribution < -0.4 is 10.6 Å². The molecule has 1 aliphatic rings. The second-order valence-electron chi connectivity index (χ2n) is 5.35. The molecule has 0 radical (unpaired) electrons. The van der Waals surface area contributed by atoms with Crippen molar-refractivity contribution in [1.82, 2.24) is 15.5 Å². The van der Waals surface area contributed by atoms with Crippen molar-refractivity contribution < 1.29 is 14.7 Å². The van der Waals surface area contributed by atoms with Crippen LogP contribution in [0.25, 0.3) is 0 Å². The zero-order chi connectivity index (χ0) is 14.4. The van der Waals surface area contributed by atoms with Gasteiger partial charge in [0.2, 0.25) is 0 Å². The van der Waals surface area contributed by atoms with Gasteiger partial charge in [0.25, 0.3) is 0 Å². The van der Waals surface area contributed by atoms with Crippen LogP contribution >= 0.6 is 0 Å². The number of carbonyl (C=O) groups excluding carboxylic acids is 1. The summed E-state index contributed by atoms with van der Waals surface area (Å²) >= 11 is 0. The number of rotatable bonds is 5. The summed E-state index contributed by atoms with van der Waals surface area (Å²) in [7, 11) is 2.07. The van der Waals surface area contributed by atoms with Gasteiger partial charge >= 0.3 is 12.0 Å². The van der Waals surface area contributed by atoms with E-state index >= 15 is 0 Å². The van der Waals surface area contributed by atoms with E-state index in [4.69, 9.17) is 5.11 Å². The number of nitrogens with zero attached hydrogens (tertiary/aromatic N) is 1. The smallest absolute Gasteiger partial charge is 0.326 e. The first-order chi connectivity index (χ1) is 8.93. The summed E-state index contributed by atoms with van der Waals surface area (Å²) in [5, 5.41) is 14.4. The Bertz CT molecular complexity index is 322. The molecule has 3 N–H and O–H groups in total. The Morgan fingerprint density at radius 2 is 2.16 bits per heavy atom. The van der Waals surface area contributed by atoms with Crippen molar-refractivity contribution in [3.8, 4) is 0 Å². The van der Waals surface area contributed by atoms with Crippen LogP contribution in [0.1, 0.15) is 39.5 Å². The largest absolute Gasteiger partial charge is 0.480 e. The van der Waals surface area contributed by atoms with E-state index in [0.717, 1.165) is 25.8 Å². The summed E-state index contributed by atoms with van der Waals surface area (Å²) in [6.07, 6.45) is 2.98. The fraction of sp³-hybridized carbons (Fsp3) is 0.846. The van der Waals surface area contributed by atoms with Crippen LogP contribution in [-0.4, -0.2) is 53.7 Å². The maximum Gasteiger partial charge on any atom is 0.326 e. The molecule has 19 heavy (non-hydrogen) atoms. The number of piperidine rings is 1. The van der Waals surface area contributed by atoms with Gasteiger partial charge in [0.05, 0.1) is 0 Å². The number of urea groups is 1. The summed E-state index contributed by atoms with van der Waals surface area (Å²) in [4.78, 5) is 25.0. The zero-order valence-electron chi connectivity index (χ0n) is 12.0. The number of hydrogen-bond donors (Lipinski definition) is 3. The van der Waals surface area contributed by atoms with E-state index < -0.39 is 12.0 Å². The Morgan fingerprint density at radius 3 is 2.68 bits per heavy atom. The lowest BCUT2D eigenvalue weighted by atomic mass is 9.99. The molecule has 2 amide bonds. The summed E-state index contributed by atoms with van der Waals surface area (Å²) in [6.45, 7) is 4.97. The van der Waals surface area contributed by atoms with E-state index in [0.29, 0.717) is 12.5 Å². The number of carboxylic acid groups (broad SMARTS) is 1. The molecule has 1 heterocycles. The normalized spacial score (nSPS) is 25.6. The van der Waals surface area contributed by atoms with Crippen molar-refractivity contribution in [3.05, 3.63) is 0 Å². The van der Waals surface area contributed by atoms with E-state index in [2.05, 4.69) is 29.5 Å². The second-order valence-corrected chi connectivity index (χ2v) is 5.35. The van der Waals surface area contributed by atoms with Crippen molar-refractivity contribution in [1.29, 1.82) is 0 Å². The minimum absolute atomic E-state index is 0.127. The third-order valence-electron chi connectivity index (χ3n) is 3.72. The third kappa shape index (κ3) is 5.06. The van der Waals surface area contributed by atoms with Gasteiger partial charge in [0, 0.05) is 18.6 Å². The van der Waals surface area contributed by atoms with Gasteiger partial charge in [-0.2, -0.15) is 0 Å². The Morgan fingerprint density at radius 1 is 1.47 bits per heavy atom. The highest BCUT2D eigenvalue weighted by Gasteiger charge is 2.25. The summed E-state index contributed by atoms with van der Waals surface area (Å²) in [5.41, 5.74) is 0. The second kappa shape index (κ2) is 7.33. The van der Waals surface area contributed by atoms with Gasteiger partial charge in [-0.1, -0.05) is 13.3 Å². The molecule has 1 fully saturated rings. The maximum atomic E-state index is 11.8. The Balaban J connectivity index is 2.40. The fourth-order valence-electron chi connectivity index (χ4n) is 2.35. The van der Waals surface area contributed by atoms with Gasteiger partial charge in [0.15, 0.2) is 0 Å². The van der Waals surface area contributed by atoms with Crippen LogP contribution in [0.4, 0.5) is 4.79 Å². The molecule has 6 heteroatoms. The molecule has 1 rings (SSSR count). The molecule has 6 nitrogen and oxygen atoms in total. The molecule has 2 unspecified atom stereocenters. The van der Waals surface area contributed by atoms with Gasteiger partial charge in [-0.25, -0.2) is 9.59 Å². The number of amides is 2. The van der Waals surface area contributed by atoms with Gasteiger partial charge in [0.1, 0.15) is 6.04 Å². The average Bonchev–Trinajstić information content (AvgIpc) is 2.33. The van der Waals surface area contributed by atoms with Crippen LogP contribution in [0.3, 0.4) is 0 Å². The number of aliphatic carboxylic acids is 1. The van der Waals surface area contributed by atoms with Crippen molar-refractivity contribution in [2.24, 2.45) is 0 Å². The maximum absolute atomic E-state index is 11.8. The lowest BCUT2D eigenvalue weighted by molar-refractivity contribution is -0.139. The van der Waals surface area contributed by atoms with Gasteiger partial charge < -0.3 is 20.6 Å². The molecule has 110 valence electrons. The van der Waals surface area contributed by atoms with Crippen molar-refractivity contribution >= 4 is 12.0 Å². The van der Waals surface area contributed by atoms with Crippen molar-refractivity contribution in [2.45, 2.75) is 57.7 Å². The molecule has 0 bridgehead atoms. The van der Waals surface area contributed by atoms with Crippen LogP contribution in [0.15, 0.2) is 0 Å². The van der Waals surface area contributed by atoms with E-state index in [1.165, 1.54) is 0 Å².